The fourth-order valence-electron chi connectivity index (χ4n) is 0.654. The van der Waals surface area contributed by atoms with Crippen LogP contribution in [0.1, 0.15) is 11.3 Å². The van der Waals surface area contributed by atoms with Crippen LogP contribution in [0.25, 0.3) is 0 Å². The monoisotopic (exact) mass is 203 g/mol. The van der Waals surface area contributed by atoms with Gasteiger partial charge in [0.05, 0.1) is 0 Å². The molecule has 1 rings (SSSR count). The summed E-state index contributed by atoms with van der Waals surface area (Å²) in [5, 5.41) is 0.520. The summed E-state index contributed by atoms with van der Waals surface area (Å²) in [5.74, 6) is -0.378. The van der Waals surface area contributed by atoms with E-state index in [1.165, 1.54) is 0 Å². The maximum absolute atomic E-state index is 12.7. The Kier molecular flexibility index (Phi) is 2.38. The summed E-state index contributed by atoms with van der Waals surface area (Å²) in [6, 6.07) is 3.52. The van der Waals surface area contributed by atoms with Gasteiger partial charge in [-0.05, 0) is 13.0 Å². The molecule has 0 aliphatic heterocycles. The van der Waals surface area contributed by atoms with Crippen molar-refractivity contribution in [3.05, 3.63) is 29.3 Å². The van der Waals surface area contributed by atoms with Gasteiger partial charge in [-0.1, -0.05) is 22.0 Å². The van der Waals surface area contributed by atoms with Crippen LogP contribution in [0.2, 0.25) is 0 Å². The Hall–Kier alpha value is -0.440. The first-order valence-corrected chi connectivity index (χ1v) is 4.04. The molecule has 0 amide bonds. The van der Waals surface area contributed by atoms with Gasteiger partial charge in [0.2, 0.25) is 5.95 Å². The Morgan fingerprint density at radius 1 is 1.60 bits per heavy atom. The van der Waals surface area contributed by atoms with Gasteiger partial charge >= 0.3 is 0 Å². The molecule has 1 nitrogen and oxygen atoms in total. The molecule has 0 aliphatic rings. The summed E-state index contributed by atoms with van der Waals surface area (Å²) in [4.78, 5) is 3.65. The van der Waals surface area contributed by atoms with E-state index in [1.54, 1.807) is 19.1 Å². The lowest BCUT2D eigenvalue weighted by atomic mass is 10.3. The van der Waals surface area contributed by atoms with E-state index in [-0.39, 0.29) is 5.95 Å². The van der Waals surface area contributed by atoms with E-state index in [9.17, 15) is 4.39 Å². The first-order valence-electron chi connectivity index (χ1n) is 2.92. The number of rotatable bonds is 1. The maximum Gasteiger partial charge on any atom is 0.217 e. The summed E-state index contributed by atoms with van der Waals surface area (Å²) < 4.78 is 12.7. The highest BCUT2D eigenvalue weighted by molar-refractivity contribution is 9.08. The number of pyridine rings is 1. The van der Waals surface area contributed by atoms with Crippen LogP contribution in [-0.2, 0) is 5.33 Å². The standard InChI is InChI=1S/C7H7BrFN/c1-5-2-3-6(4-8)7(9)10-5/h2-3H,4H2,1H3. The molecule has 0 spiro atoms. The number of hydrogen-bond donors (Lipinski definition) is 0. The van der Waals surface area contributed by atoms with Crippen molar-refractivity contribution in [1.29, 1.82) is 0 Å². The quantitative estimate of drug-likeness (QED) is 0.505. The van der Waals surface area contributed by atoms with Gasteiger partial charge in [0, 0.05) is 16.6 Å². The van der Waals surface area contributed by atoms with Crippen LogP contribution in [0.4, 0.5) is 4.39 Å². The van der Waals surface area contributed by atoms with E-state index in [4.69, 9.17) is 0 Å². The summed E-state index contributed by atoms with van der Waals surface area (Å²) in [6.07, 6.45) is 0. The van der Waals surface area contributed by atoms with Crippen LogP contribution in [0.15, 0.2) is 12.1 Å². The molecule has 0 saturated heterocycles. The number of aryl methyl sites for hydroxylation is 1. The van der Waals surface area contributed by atoms with Crippen LogP contribution in [0.3, 0.4) is 0 Å². The molecule has 0 unspecified atom stereocenters. The third-order valence-corrected chi connectivity index (χ3v) is 1.81. The topological polar surface area (TPSA) is 12.9 Å². The predicted molar refractivity (Wildman–Crippen MR) is 41.6 cm³/mol. The van der Waals surface area contributed by atoms with Crippen molar-refractivity contribution in [2.75, 3.05) is 0 Å². The lowest BCUT2D eigenvalue weighted by Gasteiger charge is -1.96. The van der Waals surface area contributed by atoms with Gasteiger partial charge in [0.15, 0.2) is 0 Å². The van der Waals surface area contributed by atoms with Crippen molar-refractivity contribution in [3.63, 3.8) is 0 Å². The molecule has 0 atom stereocenters. The molecule has 54 valence electrons. The van der Waals surface area contributed by atoms with Crippen molar-refractivity contribution in [1.82, 2.24) is 4.98 Å². The molecule has 1 heterocycles. The molecule has 0 aliphatic carbocycles. The minimum Gasteiger partial charge on any atom is -0.225 e. The highest BCUT2D eigenvalue weighted by atomic mass is 79.9. The second-order valence-corrected chi connectivity index (χ2v) is 2.60. The van der Waals surface area contributed by atoms with E-state index in [1.807, 2.05) is 0 Å². The van der Waals surface area contributed by atoms with Crippen molar-refractivity contribution < 1.29 is 4.39 Å². The SMILES string of the molecule is Cc1ccc(CBr)c(F)n1. The average Bonchev–Trinajstić information content (AvgIpc) is 1.88. The number of halogens is 2. The molecule has 0 radical (unpaired) electrons. The average molecular weight is 204 g/mol. The molecular formula is C7H7BrFN. The summed E-state index contributed by atoms with van der Waals surface area (Å²) in [6.45, 7) is 1.76. The summed E-state index contributed by atoms with van der Waals surface area (Å²) in [7, 11) is 0. The molecule has 1 aromatic rings. The minimum atomic E-state index is -0.378. The highest BCUT2D eigenvalue weighted by Crippen LogP contribution is 2.08. The van der Waals surface area contributed by atoms with E-state index < -0.39 is 0 Å². The molecule has 1 aromatic heterocycles. The highest BCUT2D eigenvalue weighted by Gasteiger charge is 1.99. The Labute approximate surface area is 67.4 Å². The molecule has 3 heteroatoms. The first kappa shape index (κ1) is 7.66. The number of aromatic nitrogens is 1. The van der Waals surface area contributed by atoms with E-state index >= 15 is 0 Å². The lowest BCUT2D eigenvalue weighted by molar-refractivity contribution is 0.570. The molecule has 0 N–H and O–H groups in total. The van der Waals surface area contributed by atoms with Gasteiger partial charge < -0.3 is 0 Å². The Balaban J connectivity index is 3.07. The summed E-state index contributed by atoms with van der Waals surface area (Å²) >= 11 is 3.15. The van der Waals surface area contributed by atoms with Crippen LogP contribution < -0.4 is 0 Å². The number of hydrogen-bond acceptors (Lipinski definition) is 1. The minimum absolute atomic E-state index is 0.378. The maximum atomic E-state index is 12.7. The molecule has 10 heavy (non-hydrogen) atoms. The van der Waals surface area contributed by atoms with E-state index in [0.29, 0.717) is 16.6 Å². The van der Waals surface area contributed by atoms with Crippen LogP contribution >= 0.6 is 15.9 Å². The number of nitrogens with zero attached hydrogens (tertiary/aromatic N) is 1. The van der Waals surface area contributed by atoms with Crippen molar-refractivity contribution in [2.45, 2.75) is 12.3 Å². The Morgan fingerprint density at radius 3 is 2.80 bits per heavy atom. The lowest BCUT2D eigenvalue weighted by Crippen LogP contribution is -1.91. The van der Waals surface area contributed by atoms with Crippen molar-refractivity contribution in [3.8, 4) is 0 Å². The predicted octanol–water partition coefficient (Wildman–Crippen LogP) is 2.42. The van der Waals surface area contributed by atoms with E-state index in [0.717, 1.165) is 0 Å². The fraction of sp³-hybridized carbons (Fsp3) is 0.286. The van der Waals surface area contributed by atoms with Crippen LogP contribution in [0, 0.1) is 12.9 Å². The normalized spacial score (nSPS) is 9.90. The zero-order chi connectivity index (χ0) is 7.56. The summed E-state index contributed by atoms with van der Waals surface area (Å²) in [5.41, 5.74) is 1.31. The third kappa shape index (κ3) is 1.53. The van der Waals surface area contributed by atoms with Gasteiger partial charge in [0.1, 0.15) is 0 Å². The first-order chi connectivity index (χ1) is 4.74. The van der Waals surface area contributed by atoms with Gasteiger partial charge in [-0.2, -0.15) is 4.39 Å². The zero-order valence-corrected chi connectivity index (χ0v) is 7.15. The molecule has 0 bridgehead atoms. The third-order valence-electron chi connectivity index (χ3n) is 1.21. The van der Waals surface area contributed by atoms with Crippen molar-refractivity contribution in [2.24, 2.45) is 0 Å². The smallest absolute Gasteiger partial charge is 0.217 e. The Morgan fingerprint density at radius 2 is 2.30 bits per heavy atom. The molecular weight excluding hydrogens is 197 g/mol. The molecule has 0 aromatic carbocycles. The van der Waals surface area contributed by atoms with Gasteiger partial charge in [0.25, 0.3) is 0 Å². The largest absolute Gasteiger partial charge is 0.225 e. The van der Waals surface area contributed by atoms with Crippen molar-refractivity contribution >= 4 is 15.9 Å². The van der Waals surface area contributed by atoms with Gasteiger partial charge in [-0.25, -0.2) is 4.98 Å². The second kappa shape index (κ2) is 3.10. The molecule has 0 fully saturated rings. The fourth-order valence-corrected chi connectivity index (χ4v) is 1.07. The van der Waals surface area contributed by atoms with Gasteiger partial charge in [-0.15, -0.1) is 0 Å². The Bertz CT molecular complexity index is 237. The molecule has 0 saturated carbocycles. The van der Waals surface area contributed by atoms with E-state index in [2.05, 4.69) is 20.9 Å². The number of alkyl halides is 1. The zero-order valence-electron chi connectivity index (χ0n) is 5.56. The second-order valence-electron chi connectivity index (χ2n) is 2.04. The van der Waals surface area contributed by atoms with Crippen LogP contribution in [-0.4, -0.2) is 4.98 Å². The van der Waals surface area contributed by atoms with Crippen LogP contribution in [0.5, 0.6) is 0 Å². The van der Waals surface area contributed by atoms with Gasteiger partial charge in [-0.3, -0.25) is 0 Å².